The number of nitro benzene ring substituents is 1. The molecule has 0 aliphatic rings. The van der Waals surface area contributed by atoms with Crippen LogP contribution in [0.3, 0.4) is 0 Å². The van der Waals surface area contributed by atoms with E-state index in [0.717, 1.165) is 6.08 Å². The summed E-state index contributed by atoms with van der Waals surface area (Å²) in [5.41, 5.74) is 0.102. The molecule has 0 atom stereocenters. The average molecular weight is 252 g/mol. The number of nitrogens with zero attached hydrogens (tertiary/aromatic N) is 1. The minimum atomic E-state index is -0.557. The highest BCUT2D eigenvalue weighted by molar-refractivity contribution is 5.82. The second kappa shape index (κ2) is 6.24. The van der Waals surface area contributed by atoms with Crippen molar-refractivity contribution in [1.29, 1.82) is 0 Å². The van der Waals surface area contributed by atoms with Crippen molar-refractivity contribution < 1.29 is 19.2 Å². The summed E-state index contributed by atoms with van der Waals surface area (Å²) >= 11 is 0. The van der Waals surface area contributed by atoms with Crippen LogP contribution in [0.5, 0.6) is 5.75 Å². The smallest absolute Gasteiger partial charge is 0.331 e. The van der Waals surface area contributed by atoms with Gasteiger partial charge in [0, 0.05) is 12.3 Å². The molecule has 1 aromatic carbocycles. The first kappa shape index (κ1) is 13.5. The van der Waals surface area contributed by atoms with Gasteiger partial charge in [0.1, 0.15) is 11.4 Å². The van der Waals surface area contributed by atoms with E-state index in [4.69, 9.17) is 4.74 Å². The van der Waals surface area contributed by atoms with Crippen LogP contribution < -0.4 is 10.1 Å². The predicted octanol–water partition coefficient (Wildman–Crippen LogP) is 1.70. The molecule has 0 amide bonds. The number of carbonyl (C=O) groups is 1. The van der Waals surface area contributed by atoms with Crippen molar-refractivity contribution in [1.82, 2.24) is 0 Å². The molecule has 0 saturated heterocycles. The summed E-state index contributed by atoms with van der Waals surface area (Å²) < 4.78 is 9.28. The van der Waals surface area contributed by atoms with Gasteiger partial charge in [0.15, 0.2) is 0 Å². The summed E-state index contributed by atoms with van der Waals surface area (Å²) in [6.45, 7) is 0. The molecule has 18 heavy (non-hydrogen) atoms. The van der Waals surface area contributed by atoms with Crippen LogP contribution in [0, 0.1) is 10.1 Å². The van der Waals surface area contributed by atoms with Crippen LogP contribution in [0.25, 0.3) is 0 Å². The second-order valence-electron chi connectivity index (χ2n) is 3.14. The Morgan fingerprint density at radius 2 is 2.17 bits per heavy atom. The van der Waals surface area contributed by atoms with Gasteiger partial charge in [0.05, 0.1) is 25.2 Å². The summed E-state index contributed by atoms with van der Waals surface area (Å²) in [5.74, 6) is -0.178. The molecule has 0 fully saturated rings. The third-order valence-electron chi connectivity index (χ3n) is 2.06. The maximum Gasteiger partial charge on any atom is 0.331 e. The molecule has 96 valence electrons. The molecule has 0 unspecified atom stereocenters. The maximum absolute atomic E-state index is 10.8. The van der Waals surface area contributed by atoms with Gasteiger partial charge in [-0.2, -0.15) is 0 Å². The number of nitrogens with one attached hydrogen (secondary N) is 1. The van der Waals surface area contributed by atoms with E-state index in [1.165, 1.54) is 32.6 Å². The largest absolute Gasteiger partial charge is 0.496 e. The second-order valence-corrected chi connectivity index (χ2v) is 3.14. The first-order chi connectivity index (χ1) is 8.58. The molecule has 1 aromatic rings. The first-order valence-electron chi connectivity index (χ1n) is 4.92. The molecule has 0 spiro atoms. The number of rotatable bonds is 5. The highest BCUT2D eigenvalue weighted by Crippen LogP contribution is 2.28. The van der Waals surface area contributed by atoms with E-state index >= 15 is 0 Å². The van der Waals surface area contributed by atoms with E-state index in [1.807, 2.05) is 0 Å². The summed E-state index contributed by atoms with van der Waals surface area (Å²) in [4.78, 5) is 21.1. The predicted molar refractivity (Wildman–Crippen MR) is 64.4 cm³/mol. The Labute approximate surface area is 103 Å². The number of nitro groups is 1. The van der Waals surface area contributed by atoms with Crippen molar-refractivity contribution in [3.05, 3.63) is 40.6 Å². The number of hydrogen-bond acceptors (Lipinski definition) is 6. The van der Waals surface area contributed by atoms with Gasteiger partial charge in [0.25, 0.3) is 5.69 Å². The molecular weight excluding hydrogens is 240 g/mol. The van der Waals surface area contributed by atoms with E-state index in [0.29, 0.717) is 5.75 Å². The molecular formula is C11H12N2O5. The fourth-order valence-electron chi connectivity index (χ4n) is 1.18. The fraction of sp³-hybridized carbons (Fsp3) is 0.182. The zero-order chi connectivity index (χ0) is 13.5. The van der Waals surface area contributed by atoms with E-state index in [-0.39, 0.29) is 11.4 Å². The van der Waals surface area contributed by atoms with Gasteiger partial charge in [-0.1, -0.05) is 0 Å². The molecule has 0 radical (unpaired) electrons. The monoisotopic (exact) mass is 252 g/mol. The number of carbonyl (C=O) groups excluding carboxylic acids is 1. The van der Waals surface area contributed by atoms with Crippen LogP contribution in [0.4, 0.5) is 11.4 Å². The van der Waals surface area contributed by atoms with E-state index in [9.17, 15) is 14.9 Å². The van der Waals surface area contributed by atoms with Crippen molar-refractivity contribution in [2.45, 2.75) is 0 Å². The zero-order valence-electron chi connectivity index (χ0n) is 9.88. The van der Waals surface area contributed by atoms with Crippen LogP contribution in [0.2, 0.25) is 0 Å². The molecule has 7 nitrogen and oxygen atoms in total. The van der Waals surface area contributed by atoms with Gasteiger partial charge in [-0.3, -0.25) is 10.1 Å². The van der Waals surface area contributed by atoms with Crippen LogP contribution in [-0.4, -0.2) is 25.1 Å². The van der Waals surface area contributed by atoms with Crippen molar-refractivity contribution in [3.8, 4) is 5.75 Å². The first-order valence-corrected chi connectivity index (χ1v) is 4.92. The SMILES string of the molecule is COC(=O)/C=C\Nc1ccc(OC)cc1[N+](=O)[O-]. The normalized spacial score (nSPS) is 10.1. The number of anilines is 1. The Morgan fingerprint density at radius 1 is 1.44 bits per heavy atom. The maximum atomic E-state index is 10.8. The number of hydrogen-bond donors (Lipinski definition) is 1. The van der Waals surface area contributed by atoms with Gasteiger partial charge in [-0.15, -0.1) is 0 Å². The van der Waals surface area contributed by atoms with E-state index < -0.39 is 10.9 Å². The van der Waals surface area contributed by atoms with Crippen molar-refractivity contribution in [2.75, 3.05) is 19.5 Å². The molecule has 1 N–H and O–H groups in total. The van der Waals surface area contributed by atoms with Gasteiger partial charge in [-0.25, -0.2) is 4.79 Å². The average Bonchev–Trinajstić information content (AvgIpc) is 2.38. The summed E-state index contributed by atoms with van der Waals surface area (Å²) in [7, 11) is 2.66. The van der Waals surface area contributed by atoms with Crippen LogP contribution in [0.15, 0.2) is 30.5 Å². The quantitative estimate of drug-likeness (QED) is 0.371. The van der Waals surface area contributed by atoms with Crippen molar-refractivity contribution >= 4 is 17.3 Å². The zero-order valence-corrected chi connectivity index (χ0v) is 9.88. The Morgan fingerprint density at radius 3 is 2.72 bits per heavy atom. The summed E-state index contributed by atoms with van der Waals surface area (Å²) in [6, 6.07) is 4.34. The van der Waals surface area contributed by atoms with Gasteiger partial charge in [0.2, 0.25) is 0 Å². The lowest BCUT2D eigenvalue weighted by Crippen LogP contribution is -1.99. The molecule has 0 bridgehead atoms. The Bertz CT molecular complexity index is 484. The Balaban J connectivity index is 2.91. The lowest BCUT2D eigenvalue weighted by molar-refractivity contribution is -0.384. The third-order valence-corrected chi connectivity index (χ3v) is 2.06. The highest BCUT2D eigenvalue weighted by atomic mass is 16.6. The molecule has 0 heterocycles. The van der Waals surface area contributed by atoms with Gasteiger partial charge < -0.3 is 14.8 Å². The number of benzene rings is 1. The van der Waals surface area contributed by atoms with Gasteiger partial charge >= 0.3 is 5.97 Å². The molecule has 0 aliphatic heterocycles. The van der Waals surface area contributed by atoms with Crippen molar-refractivity contribution in [2.24, 2.45) is 0 Å². The topological polar surface area (TPSA) is 90.7 Å². The molecule has 0 aliphatic carbocycles. The van der Waals surface area contributed by atoms with E-state index in [1.54, 1.807) is 6.07 Å². The third kappa shape index (κ3) is 3.48. The number of esters is 1. The molecule has 0 saturated carbocycles. The molecule has 0 aromatic heterocycles. The number of ether oxygens (including phenoxy) is 2. The van der Waals surface area contributed by atoms with Crippen LogP contribution in [0.1, 0.15) is 0 Å². The summed E-state index contributed by atoms with van der Waals surface area (Å²) in [5, 5.41) is 13.5. The highest BCUT2D eigenvalue weighted by Gasteiger charge is 2.14. The fourth-order valence-corrected chi connectivity index (χ4v) is 1.18. The molecule has 7 heteroatoms. The minimum absolute atomic E-state index is 0.149. The molecule has 1 rings (SSSR count). The number of methoxy groups -OCH3 is 2. The Hall–Kier alpha value is -2.57. The lowest BCUT2D eigenvalue weighted by atomic mass is 10.2. The van der Waals surface area contributed by atoms with Gasteiger partial charge in [-0.05, 0) is 12.1 Å². The lowest BCUT2D eigenvalue weighted by Gasteiger charge is -2.04. The van der Waals surface area contributed by atoms with E-state index in [2.05, 4.69) is 10.1 Å². The summed E-state index contributed by atoms with van der Waals surface area (Å²) in [6.07, 6.45) is 2.38. The standard InChI is InChI=1S/C11H12N2O5/c1-17-8-3-4-9(10(7-8)13(15)16)12-6-5-11(14)18-2/h3-7,12H,1-2H3/b6-5-. The Kier molecular flexibility index (Phi) is 4.67. The van der Waals surface area contributed by atoms with Crippen molar-refractivity contribution in [3.63, 3.8) is 0 Å². The van der Waals surface area contributed by atoms with Crippen LogP contribution >= 0.6 is 0 Å². The van der Waals surface area contributed by atoms with Crippen LogP contribution in [-0.2, 0) is 9.53 Å². The minimum Gasteiger partial charge on any atom is -0.496 e.